The van der Waals surface area contributed by atoms with E-state index in [0.29, 0.717) is 0 Å². The fourth-order valence-electron chi connectivity index (χ4n) is 1.61. The Morgan fingerprint density at radius 2 is 2.20 bits per heavy atom. The third kappa shape index (κ3) is 3.37. The quantitative estimate of drug-likeness (QED) is 0.452. The van der Waals surface area contributed by atoms with E-state index in [1.807, 2.05) is 0 Å². The molecule has 0 radical (unpaired) electrons. The summed E-state index contributed by atoms with van der Waals surface area (Å²) in [6, 6.07) is 0. The Hall–Kier alpha value is -2.32. The summed E-state index contributed by atoms with van der Waals surface area (Å²) < 4.78 is 35.1. The number of alkyl halides is 2. The van der Waals surface area contributed by atoms with Crippen LogP contribution in [0.5, 0.6) is 5.75 Å². The Morgan fingerprint density at radius 1 is 1.55 bits per heavy atom. The third-order valence-corrected chi connectivity index (χ3v) is 2.38. The fraction of sp³-hybridized carbons (Fsp3) is 0.455. The first kappa shape index (κ1) is 15.7. The van der Waals surface area contributed by atoms with Crippen LogP contribution in [0.15, 0.2) is 6.20 Å². The molecule has 0 atom stereocenters. The van der Waals surface area contributed by atoms with Gasteiger partial charge in [-0.25, -0.2) is 8.78 Å². The number of carbonyl (C=O) groups is 1. The third-order valence-electron chi connectivity index (χ3n) is 2.38. The topological polar surface area (TPSA) is 91.6 Å². The number of methoxy groups -OCH3 is 1. The minimum Gasteiger partial charge on any atom is -0.489 e. The van der Waals surface area contributed by atoms with Gasteiger partial charge in [-0.05, 0) is 6.92 Å². The minimum atomic E-state index is -3.05. The van der Waals surface area contributed by atoms with E-state index in [9.17, 15) is 23.7 Å². The molecular formula is C11H12F2N2O5. The van der Waals surface area contributed by atoms with E-state index in [-0.39, 0.29) is 12.4 Å². The summed E-state index contributed by atoms with van der Waals surface area (Å²) in [6.07, 6.45) is -2.90. The van der Waals surface area contributed by atoms with E-state index >= 15 is 0 Å². The van der Waals surface area contributed by atoms with Crippen molar-refractivity contribution in [1.82, 2.24) is 4.98 Å². The van der Waals surface area contributed by atoms with E-state index in [1.165, 1.54) is 6.92 Å². The summed E-state index contributed by atoms with van der Waals surface area (Å²) in [5.41, 5.74) is -2.03. The van der Waals surface area contributed by atoms with Crippen LogP contribution in [-0.2, 0) is 16.0 Å². The molecule has 0 amide bonds. The largest absolute Gasteiger partial charge is 0.489 e. The molecule has 0 aliphatic heterocycles. The van der Waals surface area contributed by atoms with Crippen molar-refractivity contribution in [2.45, 2.75) is 19.8 Å². The Kier molecular flexibility index (Phi) is 5.30. The van der Waals surface area contributed by atoms with Gasteiger partial charge in [-0.15, -0.1) is 0 Å². The van der Waals surface area contributed by atoms with Gasteiger partial charge in [0.1, 0.15) is 5.69 Å². The molecule has 20 heavy (non-hydrogen) atoms. The van der Waals surface area contributed by atoms with Crippen LogP contribution in [0.4, 0.5) is 14.5 Å². The van der Waals surface area contributed by atoms with Gasteiger partial charge >= 0.3 is 11.7 Å². The van der Waals surface area contributed by atoms with Gasteiger partial charge in [-0.3, -0.25) is 19.9 Å². The van der Waals surface area contributed by atoms with Gasteiger partial charge in [0, 0.05) is 0 Å². The lowest BCUT2D eigenvalue weighted by molar-refractivity contribution is -0.386. The zero-order chi connectivity index (χ0) is 15.3. The summed E-state index contributed by atoms with van der Waals surface area (Å²) in [7, 11) is 1.14. The number of nitrogens with zero attached hydrogens (tertiary/aromatic N) is 2. The normalized spacial score (nSPS) is 10.4. The molecule has 0 aliphatic rings. The highest BCUT2D eigenvalue weighted by molar-refractivity contribution is 5.75. The first-order valence-corrected chi connectivity index (χ1v) is 5.56. The van der Waals surface area contributed by atoms with Crippen LogP contribution in [0.2, 0.25) is 0 Å². The van der Waals surface area contributed by atoms with E-state index < -0.39 is 40.7 Å². The second kappa shape index (κ2) is 6.73. The molecular weight excluding hydrogens is 278 g/mol. The zero-order valence-electron chi connectivity index (χ0n) is 10.8. The molecule has 1 heterocycles. The van der Waals surface area contributed by atoms with Gasteiger partial charge in [0.05, 0.1) is 36.8 Å². The van der Waals surface area contributed by atoms with Gasteiger partial charge in [-0.1, -0.05) is 0 Å². The first-order chi connectivity index (χ1) is 9.42. The highest BCUT2D eigenvalue weighted by atomic mass is 19.3. The summed E-state index contributed by atoms with van der Waals surface area (Å²) in [5.74, 6) is -1.15. The van der Waals surface area contributed by atoms with Crippen LogP contribution >= 0.6 is 0 Å². The van der Waals surface area contributed by atoms with Crippen LogP contribution in [-0.4, -0.2) is 29.6 Å². The number of carbonyl (C=O) groups excluding carboxylic acids is 1. The summed E-state index contributed by atoms with van der Waals surface area (Å²) in [4.78, 5) is 24.9. The van der Waals surface area contributed by atoms with Crippen molar-refractivity contribution in [2.24, 2.45) is 0 Å². The minimum absolute atomic E-state index is 0.0358. The van der Waals surface area contributed by atoms with Gasteiger partial charge in [0.2, 0.25) is 5.75 Å². The molecule has 0 spiro atoms. The van der Waals surface area contributed by atoms with E-state index in [0.717, 1.165) is 13.3 Å². The number of pyridine rings is 1. The summed E-state index contributed by atoms with van der Waals surface area (Å²) in [6.45, 7) is 1.57. The number of hydrogen-bond donors (Lipinski definition) is 0. The number of nitro groups is 1. The second-order valence-corrected chi connectivity index (χ2v) is 3.58. The standard InChI is InChI=1S/C11H12F2N2O5/c1-3-20-8(16)4-6-9(11(12)13)14-5-7(19-2)10(6)15(17)18/h5,11H,3-4H2,1-2H3. The van der Waals surface area contributed by atoms with Crippen molar-refractivity contribution in [3.8, 4) is 5.75 Å². The molecule has 1 aromatic rings. The molecule has 0 unspecified atom stereocenters. The van der Waals surface area contributed by atoms with Gasteiger partial charge in [0.15, 0.2) is 0 Å². The van der Waals surface area contributed by atoms with Crippen molar-refractivity contribution in [1.29, 1.82) is 0 Å². The van der Waals surface area contributed by atoms with Crippen LogP contribution in [0, 0.1) is 10.1 Å². The van der Waals surface area contributed by atoms with Crippen molar-refractivity contribution >= 4 is 11.7 Å². The van der Waals surface area contributed by atoms with Gasteiger partial charge in [0.25, 0.3) is 6.43 Å². The lowest BCUT2D eigenvalue weighted by atomic mass is 10.1. The lowest BCUT2D eigenvalue weighted by Crippen LogP contribution is -2.13. The first-order valence-electron chi connectivity index (χ1n) is 5.56. The van der Waals surface area contributed by atoms with Crippen molar-refractivity contribution in [3.63, 3.8) is 0 Å². The molecule has 0 aliphatic carbocycles. The number of ether oxygens (including phenoxy) is 2. The lowest BCUT2D eigenvalue weighted by Gasteiger charge is -2.10. The molecule has 110 valence electrons. The number of aromatic nitrogens is 1. The van der Waals surface area contributed by atoms with E-state index in [1.54, 1.807) is 0 Å². The highest BCUT2D eigenvalue weighted by Crippen LogP contribution is 2.35. The molecule has 7 nitrogen and oxygen atoms in total. The van der Waals surface area contributed by atoms with Crippen LogP contribution in [0.1, 0.15) is 24.6 Å². The average Bonchev–Trinajstić information content (AvgIpc) is 2.37. The smallest absolute Gasteiger partial charge is 0.318 e. The maximum atomic E-state index is 12.9. The Balaban J connectivity index is 3.40. The van der Waals surface area contributed by atoms with Crippen LogP contribution < -0.4 is 4.74 Å². The number of hydrogen-bond acceptors (Lipinski definition) is 6. The average molecular weight is 290 g/mol. The molecule has 0 fully saturated rings. The van der Waals surface area contributed by atoms with Gasteiger partial charge in [-0.2, -0.15) is 0 Å². The zero-order valence-corrected chi connectivity index (χ0v) is 10.8. The van der Waals surface area contributed by atoms with Crippen LogP contribution in [0.25, 0.3) is 0 Å². The van der Waals surface area contributed by atoms with Crippen molar-refractivity contribution in [2.75, 3.05) is 13.7 Å². The molecule has 0 bridgehead atoms. The Morgan fingerprint density at radius 3 is 2.65 bits per heavy atom. The van der Waals surface area contributed by atoms with Gasteiger partial charge < -0.3 is 9.47 Å². The molecule has 1 aromatic heterocycles. The van der Waals surface area contributed by atoms with E-state index in [4.69, 9.17) is 4.74 Å². The van der Waals surface area contributed by atoms with Crippen molar-refractivity contribution in [3.05, 3.63) is 27.6 Å². The van der Waals surface area contributed by atoms with Crippen LogP contribution in [0.3, 0.4) is 0 Å². The number of rotatable bonds is 6. The molecule has 0 N–H and O–H groups in total. The predicted octanol–water partition coefficient (Wildman–Crippen LogP) is 2.04. The Bertz CT molecular complexity index is 522. The Labute approximate surface area is 112 Å². The molecule has 0 aromatic carbocycles. The SMILES string of the molecule is CCOC(=O)Cc1c(C(F)F)ncc(OC)c1[N+](=O)[O-]. The molecule has 1 rings (SSSR count). The monoisotopic (exact) mass is 290 g/mol. The maximum absolute atomic E-state index is 12.9. The predicted molar refractivity (Wildman–Crippen MR) is 62.7 cm³/mol. The summed E-state index contributed by atoms with van der Waals surface area (Å²) >= 11 is 0. The fourth-order valence-corrected chi connectivity index (χ4v) is 1.61. The molecule has 9 heteroatoms. The maximum Gasteiger partial charge on any atom is 0.318 e. The number of esters is 1. The highest BCUT2D eigenvalue weighted by Gasteiger charge is 2.30. The number of halogens is 2. The summed E-state index contributed by atoms with van der Waals surface area (Å²) in [5, 5.41) is 11.0. The molecule has 0 saturated heterocycles. The van der Waals surface area contributed by atoms with Crippen molar-refractivity contribution < 1.29 is 28.0 Å². The van der Waals surface area contributed by atoms with E-state index in [2.05, 4.69) is 9.72 Å². The molecule has 0 saturated carbocycles. The second-order valence-electron chi connectivity index (χ2n) is 3.58.